The van der Waals surface area contributed by atoms with Crippen LogP contribution in [0, 0.1) is 0 Å². The molecule has 3 amide bonds. The number of esters is 1. The van der Waals surface area contributed by atoms with Crippen LogP contribution in [0.15, 0.2) is 79.7 Å². The molecule has 1 fully saturated rings. The molecule has 1 aliphatic heterocycles. The second kappa shape index (κ2) is 12.2. The second-order valence-corrected chi connectivity index (χ2v) is 10.5. The highest BCUT2D eigenvalue weighted by Gasteiger charge is 2.35. The van der Waals surface area contributed by atoms with Crippen molar-refractivity contribution >= 4 is 66.6 Å². The van der Waals surface area contributed by atoms with E-state index in [9.17, 15) is 14.4 Å². The Kier molecular flexibility index (Phi) is 8.46. The van der Waals surface area contributed by atoms with Crippen molar-refractivity contribution in [2.75, 3.05) is 13.7 Å². The van der Waals surface area contributed by atoms with Gasteiger partial charge >= 0.3 is 12.0 Å². The molecule has 4 aromatic rings. The first-order valence-corrected chi connectivity index (χ1v) is 14.1. The lowest BCUT2D eigenvalue weighted by Gasteiger charge is -2.17. The lowest BCUT2D eigenvalue weighted by Crippen LogP contribution is -2.30. The molecule has 0 radical (unpaired) electrons. The van der Waals surface area contributed by atoms with Gasteiger partial charge in [0.2, 0.25) is 5.76 Å². The zero-order valence-corrected chi connectivity index (χ0v) is 25.2. The molecule has 11 heteroatoms. The van der Waals surface area contributed by atoms with Gasteiger partial charge in [-0.3, -0.25) is 9.69 Å². The van der Waals surface area contributed by atoms with E-state index in [1.165, 1.54) is 19.2 Å². The molecule has 41 heavy (non-hydrogen) atoms. The molecule has 0 bridgehead atoms. The summed E-state index contributed by atoms with van der Waals surface area (Å²) in [4.78, 5) is 38.4. The van der Waals surface area contributed by atoms with Gasteiger partial charge in [-0.05, 0) is 85.0 Å². The normalized spacial score (nSPS) is 14.0. The SMILES string of the molecule is CCOc1cc(/C=C2\NC(=O)N(Cc3ccc(C(=O)OC)o3)C2=O)c(Br)c(Br)c1OCc1cccc2ccccc12. The summed E-state index contributed by atoms with van der Waals surface area (Å²) in [5, 5.41) is 4.81. The van der Waals surface area contributed by atoms with Crippen LogP contribution in [0.5, 0.6) is 11.5 Å². The topological polar surface area (TPSA) is 107 Å². The molecule has 1 aliphatic rings. The third kappa shape index (κ3) is 5.86. The van der Waals surface area contributed by atoms with Crippen molar-refractivity contribution in [3.05, 3.63) is 98.0 Å². The molecule has 0 atom stereocenters. The average Bonchev–Trinajstić information content (AvgIpc) is 3.55. The maximum Gasteiger partial charge on any atom is 0.373 e. The third-order valence-corrected chi connectivity index (χ3v) is 8.48. The van der Waals surface area contributed by atoms with Gasteiger partial charge in [-0.1, -0.05) is 42.5 Å². The van der Waals surface area contributed by atoms with Crippen LogP contribution in [0.25, 0.3) is 16.8 Å². The van der Waals surface area contributed by atoms with Crippen molar-refractivity contribution in [1.29, 1.82) is 0 Å². The number of rotatable bonds is 9. The highest BCUT2D eigenvalue weighted by atomic mass is 79.9. The van der Waals surface area contributed by atoms with Gasteiger partial charge in [0.15, 0.2) is 11.5 Å². The largest absolute Gasteiger partial charge is 0.490 e. The van der Waals surface area contributed by atoms with Crippen LogP contribution in [-0.4, -0.2) is 36.5 Å². The molecule has 1 saturated heterocycles. The Bertz CT molecular complexity index is 1690. The van der Waals surface area contributed by atoms with E-state index in [0.29, 0.717) is 39.2 Å². The minimum absolute atomic E-state index is 0.0229. The van der Waals surface area contributed by atoms with Gasteiger partial charge in [-0.15, -0.1) is 0 Å². The van der Waals surface area contributed by atoms with Crippen LogP contribution >= 0.6 is 31.9 Å². The fourth-order valence-corrected chi connectivity index (χ4v) is 5.32. The number of benzene rings is 3. The molecule has 0 aliphatic carbocycles. The first-order valence-electron chi connectivity index (χ1n) is 12.6. The number of hydrogen-bond acceptors (Lipinski definition) is 7. The first kappa shape index (κ1) is 28.4. The number of nitrogens with zero attached hydrogens (tertiary/aromatic N) is 1. The van der Waals surface area contributed by atoms with E-state index < -0.39 is 17.9 Å². The van der Waals surface area contributed by atoms with E-state index in [0.717, 1.165) is 21.2 Å². The number of halogens is 2. The summed E-state index contributed by atoms with van der Waals surface area (Å²) in [6, 6.07) is 18.2. The fourth-order valence-electron chi connectivity index (χ4n) is 4.37. The maximum absolute atomic E-state index is 13.1. The van der Waals surface area contributed by atoms with Crippen LogP contribution in [-0.2, 0) is 22.7 Å². The van der Waals surface area contributed by atoms with E-state index in [1.807, 2.05) is 31.2 Å². The number of furan rings is 1. The van der Waals surface area contributed by atoms with Gasteiger partial charge in [-0.25, -0.2) is 9.59 Å². The van der Waals surface area contributed by atoms with E-state index in [2.05, 4.69) is 60.1 Å². The van der Waals surface area contributed by atoms with Gasteiger partial charge in [-0.2, -0.15) is 0 Å². The Morgan fingerprint density at radius 1 is 1.02 bits per heavy atom. The molecule has 2 heterocycles. The molecular weight excluding hydrogens is 660 g/mol. The van der Waals surface area contributed by atoms with Crippen LogP contribution in [0.1, 0.15) is 34.4 Å². The summed E-state index contributed by atoms with van der Waals surface area (Å²) in [5.74, 6) is -0.0104. The van der Waals surface area contributed by atoms with E-state index in [4.69, 9.17) is 13.9 Å². The molecule has 9 nitrogen and oxygen atoms in total. The Labute approximate surface area is 252 Å². The Balaban J connectivity index is 1.40. The van der Waals surface area contributed by atoms with Crippen molar-refractivity contribution in [3.8, 4) is 11.5 Å². The highest BCUT2D eigenvalue weighted by molar-refractivity contribution is 9.13. The van der Waals surface area contributed by atoms with E-state index >= 15 is 0 Å². The van der Waals surface area contributed by atoms with E-state index in [1.54, 1.807) is 12.1 Å². The predicted octanol–water partition coefficient (Wildman–Crippen LogP) is 6.82. The zero-order chi connectivity index (χ0) is 29.1. The van der Waals surface area contributed by atoms with Gasteiger partial charge in [0.1, 0.15) is 18.1 Å². The summed E-state index contributed by atoms with van der Waals surface area (Å²) in [5.41, 5.74) is 1.66. The zero-order valence-electron chi connectivity index (χ0n) is 22.0. The summed E-state index contributed by atoms with van der Waals surface area (Å²) in [6.45, 7) is 2.40. The van der Waals surface area contributed by atoms with Gasteiger partial charge in [0.25, 0.3) is 5.91 Å². The summed E-state index contributed by atoms with van der Waals surface area (Å²) in [6.07, 6.45) is 1.55. The third-order valence-electron chi connectivity index (χ3n) is 6.33. The van der Waals surface area contributed by atoms with Crippen molar-refractivity contribution in [2.45, 2.75) is 20.1 Å². The molecule has 3 aromatic carbocycles. The summed E-state index contributed by atoms with van der Waals surface area (Å²) in [7, 11) is 1.23. The summed E-state index contributed by atoms with van der Waals surface area (Å²) < 4.78 is 23.4. The Hall–Kier alpha value is -4.09. The molecular formula is C30H24Br2N2O7. The molecule has 5 rings (SSSR count). The van der Waals surface area contributed by atoms with Crippen LogP contribution < -0.4 is 14.8 Å². The first-order chi connectivity index (χ1) is 19.8. The van der Waals surface area contributed by atoms with Gasteiger partial charge in [0.05, 0.1) is 24.7 Å². The fraction of sp³-hybridized carbons (Fsp3) is 0.167. The lowest BCUT2D eigenvalue weighted by molar-refractivity contribution is -0.123. The molecule has 210 valence electrons. The molecule has 1 aromatic heterocycles. The number of ether oxygens (including phenoxy) is 3. The molecule has 1 N–H and O–H groups in total. The number of urea groups is 1. The predicted molar refractivity (Wildman–Crippen MR) is 158 cm³/mol. The minimum Gasteiger partial charge on any atom is -0.490 e. The molecule has 0 unspecified atom stereocenters. The standard InChI is InChI=1S/C30H24Br2N2O7/c1-3-39-24-14-19(13-22-28(35)34(30(37)33-22)15-20-11-12-23(41-20)29(36)38-2)25(31)26(32)27(24)40-16-18-9-6-8-17-7-4-5-10-21(17)18/h4-14H,3,15-16H2,1-2H3,(H,33,37)/b22-13-. The van der Waals surface area contributed by atoms with E-state index in [-0.39, 0.29) is 23.8 Å². The maximum atomic E-state index is 13.1. The number of fused-ring (bicyclic) bond motifs is 1. The number of methoxy groups -OCH3 is 1. The highest BCUT2D eigenvalue weighted by Crippen LogP contribution is 2.44. The molecule has 0 spiro atoms. The summed E-state index contributed by atoms with van der Waals surface area (Å²) >= 11 is 7.21. The van der Waals surface area contributed by atoms with Crippen LogP contribution in [0.4, 0.5) is 4.79 Å². The monoisotopic (exact) mass is 682 g/mol. The van der Waals surface area contributed by atoms with Crippen molar-refractivity contribution < 1.29 is 33.0 Å². The Morgan fingerprint density at radius 3 is 2.59 bits per heavy atom. The average molecular weight is 684 g/mol. The number of hydrogen-bond donors (Lipinski definition) is 1. The quantitative estimate of drug-likeness (QED) is 0.117. The lowest BCUT2D eigenvalue weighted by atomic mass is 10.1. The number of nitrogens with one attached hydrogen (secondary N) is 1. The van der Waals surface area contributed by atoms with Crippen molar-refractivity contribution in [2.24, 2.45) is 0 Å². The van der Waals surface area contributed by atoms with Crippen molar-refractivity contribution in [1.82, 2.24) is 10.2 Å². The molecule has 0 saturated carbocycles. The smallest absolute Gasteiger partial charge is 0.373 e. The van der Waals surface area contributed by atoms with Crippen LogP contribution in [0.3, 0.4) is 0 Å². The van der Waals surface area contributed by atoms with Gasteiger partial charge in [0, 0.05) is 4.47 Å². The van der Waals surface area contributed by atoms with Crippen molar-refractivity contribution in [3.63, 3.8) is 0 Å². The second-order valence-electron chi connectivity index (χ2n) is 8.92. The van der Waals surface area contributed by atoms with Gasteiger partial charge < -0.3 is 23.9 Å². The Morgan fingerprint density at radius 2 is 1.80 bits per heavy atom. The number of imide groups is 1. The van der Waals surface area contributed by atoms with Crippen LogP contribution in [0.2, 0.25) is 0 Å². The number of carbonyl (C=O) groups is 3. The number of carbonyl (C=O) groups excluding carboxylic acids is 3. The minimum atomic E-state index is -0.654. The number of amides is 3.